The van der Waals surface area contributed by atoms with Crippen LogP contribution in [0.4, 0.5) is 4.79 Å². The van der Waals surface area contributed by atoms with Gasteiger partial charge in [0.15, 0.2) is 5.92 Å². The summed E-state index contributed by atoms with van der Waals surface area (Å²) < 4.78 is 0. The molecule has 0 radical (unpaired) electrons. The van der Waals surface area contributed by atoms with Crippen molar-refractivity contribution in [3.63, 3.8) is 0 Å². The van der Waals surface area contributed by atoms with Gasteiger partial charge in [-0.05, 0) is 29.7 Å². The second-order valence-corrected chi connectivity index (χ2v) is 5.88. The van der Waals surface area contributed by atoms with Gasteiger partial charge in [0.2, 0.25) is 5.91 Å². The molecule has 0 bridgehead atoms. The fourth-order valence-corrected chi connectivity index (χ4v) is 3.00. The molecule has 128 valence electrons. The normalized spacial score (nSPS) is 17.5. The van der Waals surface area contributed by atoms with Crippen molar-refractivity contribution in [2.45, 2.75) is 5.92 Å². The van der Waals surface area contributed by atoms with Gasteiger partial charge in [-0.2, -0.15) is 4.90 Å². The molecule has 1 fully saturated rings. The van der Waals surface area contributed by atoms with Crippen LogP contribution in [-0.2, 0) is 9.59 Å². The van der Waals surface area contributed by atoms with Crippen LogP contribution in [0.1, 0.15) is 22.0 Å². The predicted molar refractivity (Wildman–Crippen MR) is 92.2 cm³/mol. The van der Waals surface area contributed by atoms with Crippen molar-refractivity contribution in [3.8, 4) is 0 Å². The fourth-order valence-electron chi connectivity index (χ4n) is 3.00. The Hall–Kier alpha value is -3.74. The largest absolute Gasteiger partial charge is 0.357 e. The number of hydrogen-bond donors (Lipinski definition) is 2. The summed E-state index contributed by atoms with van der Waals surface area (Å²) in [6, 6.07) is 15.9. The van der Waals surface area contributed by atoms with Crippen LogP contribution < -0.4 is 5.32 Å². The van der Waals surface area contributed by atoms with Crippen molar-refractivity contribution in [3.05, 3.63) is 71.9 Å². The molecular weight excluding hydrogens is 334 g/mol. The highest BCUT2D eigenvalue weighted by molar-refractivity contribution is 6.27. The van der Waals surface area contributed by atoms with E-state index in [4.69, 9.17) is 0 Å². The zero-order valence-electron chi connectivity index (χ0n) is 13.4. The van der Waals surface area contributed by atoms with Crippen molar-refractivity contribution in [1.29, 1.82) is 0 Å². The first-order chi connectivity index (χ1) is 12.6. The minimum atomic E-state index is -1.30. The molecule has 0 saturated carbocycles. The molecule has 5 amide bonds. The molecule has 3 aromatic rings. The predicted octanol–water partition coefficient (Wildman–Crippen LogP) is 2.17. The lowest BCUT2D eigenvalue weighted by Crippen LogP contribution is -2.58. The van der Waals surface area contributed by atoms with Crippen LogP contribution in [0.5, 0.6) is 0 Å². The van der Waals surface area contributed by atoms with Crippen LogP contribution in [0.15, 0.2) is 60.7 Å². The number of aromatic amines is 1. The van der Waals surface area contributed by atoms with E-state index in [2.05, 4.69) is 10.3 Å². The Kier molecular flexibility index (Phi) is 3.62. The lowest BCUT2D eigenvalue weighted by Gasteiger charge is -2.28. The van der Waals surface area contributed by atoms with Crippen LogP contribution in [0.2, 0.25) is 0 Å². The van der Waals surface area contributed by atoms with Gasteiger partial charge in [0, 0.05) is 16.8 Å². The number of para-hydroxylation sites is 1. The quantitative estimate of drug-likeness (QED) is 0.548. The van der Waals surface area contributed by atoms with Crippen molar-refractivity contribution >= 4 is 34.7 Å². The van der Waals surface area contributed by atoms with E-state index in [9.17, 15) is 19.2 Å². The molecule has 26 heavy (non-hydrogen) atoms. The fraction of sp³-hybridized carbons (Fsp3) is 0.0526. The number of hydrogen-bond acceptors (Lipinski definition) is 4. The first-order valence-electron chi connectivity index (χ1n) is 7.92. The minimum Gasteiger partial charge on any atom is -0.357 e. The summed E-state index contributed by atoms with van der Waals surface area (Å²) in [5.74, 6) is -3.71. The molecule has 2 N–H and O–H groups in total. The van der Waals surface area contributed by atoms with Crippen LogP contribution in [0.25, 0.3) is 10.9 Å². The number of benzene rings is 2. The average molecular weight is 347 g/mol. The first-order valence-corrected chi connectivity index (χ1v) is 7.92. The van der Waals surface area contributed by atoms with E-state index in [0.29, 0.717) is 10.6 Å². The minimum absolute atomic E-state index is 0.181. The number of amides is 5. The molecular formula is C19H13N3O4. The van der Waals surface area contributed by atoms with E-state index in [-0.39, 0.29) is 5.56 Å². The van der Waals surface area contributed by atoms with Crippen LogP contribution >= 0.6 is 0 Å². The van der Waals surface area contributed by atoms with E-state index in [1.807, 2.05) is 24.3 Å². The van der Waals surface area contributed by atoms with Gasteiger partial charge in [0.1, 0.15) is 0 Å². The maximum absolute atomic E-state index is 12.8. The van der Waals surface area contributed by atoms with Crippen molar-refractivity contribution in [2.75, 3.05) is 0 Å². The molecule has 2 aromatic carbocycles. The maximum Gasteiger partial charge on any atom is 0.338 e. The number of imide groups is 4. The van der Waals surface area contributed by atoms with E-state index in [1.165, 1.54) is 12.1 Å². The Morgan fingerprint density at radius 3 is 2.35 bits per heavy atom. The number of carbonyl (C=O) groups is 4. The van der Waals surface area contributed by atoms with Crippen LogP contribution in [-0.4, -0.2) is 33.6 Å². The first kappa shape index (κ1) is 15.8. The summed E-state index contributed by atoms with van der Waals surface area (Å²) in [6.45, 7) is 0. The van der Waals surface area contributed by atoms with Gasteiger partial charge < -0.3 is 4.98 Å². The van der Waals surface area contributed by atoms with Crippen LogP contribution in [0, 0.1) is 0 Å². The molecule has 1 aliphatic heterocycles. The summed E-state index contributed by atoms with van der Waals surface area (Å²) in [5.41, 5.74) is 1.26. The number of aromatic nitrogens is 1. The monoisotopic (exact) mass is 347 g/mol. The molecule has 0 spiro atoms. The SMILES string of the molecule is O=C1NC(=O)N(C(=O)c2ccccc2)C(=O)C1c1cc2ccccc2[nH]1. The van der Waals surface area contributed by atoms with Crippen molar-refractivity contribution in [2.24, 2.45) is 0 Å². The zero-order valence-corrected chi connectivity index (χ0v) is 13.4. The maximum atomic E-state index is 12.8. The lowest BCUT2D eigenvalue weighted by molar-refractivity contribution is -0.137. The zero-order chi connectivity index (χ0) is 18.3. The second-order valence-electron chi connectivity index (χ2n) is 5.88. The highest BCUT2D eigenvalue weighted by Crippen LogP contribution is 2.26. The summed E-state index contributed by atoms with van der Waals surface area (Å²) >= 11 is 0. The molecule has 1 atom stereocenters. The number of fused-ring (bicyclic) bond motifs is 1. The average Bonchev–Trinajstić information content (AvgIpc) is 3.05. The van der Waals surface area contributed by atoms with Crippen molar-refractivity contribution < 1.29 is 19.2 Å². The molecule has 2 heterocycles. The Balaban J connectivity index is 1.74. The third-order valence-electron chi connectivity index (χ3n) is 4.25. The second kappa shape index (κ2) is 5.96. The summed E-state index contributed by atoms with van der Waals surface area (Å²) in [6.07, 6.45) is 0. The lowest BCUT2D eigenvalue weighted by atomic mass is 10.00. The molecule has 7 heteroatoms. The number of carbonyl (C=O) groups excluding carboxylic acids is 4. The van der Waals surface area contributed by atoms with Gasteiger partial charge in [0.25, 0.3) is 11.8 Å². The molecule has 7 nitrogen and oxygen atoms in total. The molecule has 1 unspecified atom stereocenters. The Bertz CT molecular complexity index is 1020. The van der Waals surface area contributed by atoms with E-state index < -0.39 is 29.7 Å². The summed E-state index contributed by atoms with van der Waals surface area (Å²) in [4.78, 5) is 53.3. The Morgan fingerprint density at radius 2 is 1.62 bits per heavy atom. The van der Waals surface area contributed by atoms with Gasteiger partial charge in [-0.1, -0.05) is 36.4 Å². The molecule has 1 saturated heterocycles. The molecule has 0 aliphatic carbocycles. The number of nitrogens with zero attached hydrogens (tertiary/aromatic N) is 1. The Morgan fingerprint density at radius 1 is 0.923 bits per heavy atom. The molecule has 4 rings (SSSR count). The van der Waals surface area contributed by atoms with Crippen LogP contribution in [0.3, 0.4) is 0 Å². The topological polar surface area (TPSA) is 99.3 Å². The van der Waals surface area contributed by atoms with E-state index in [1.54, 1.807) is 24.3 Å². The number of nitrogens with one attached hydrogen (secondary N) is 2. The number of urea groups is 1. The van der Waals surface area contributed by atoms with E-state index in [0.717, 1.165) is 10.9 Å². The van der Waals surface area contributed by atoms with Gasteiger partial charge in [-0.3, -0.25) is 19.7 Å². The van der Waals surface area contributed by atoms with Crippen molar-refractivity contribution in [1.82, 2.24) is 15.2 Å². The van der Waals surface area contributed by atoms with Gasteiger partial charge in [-0.15, -0.1) is 0 Å². The van der Waals surface area contributed by atoms with Gasteiger partial charge in [0.05, 0.1) is 0 Å². The molecule has 1 aliphatic rings. The number of H-pyrrole nitrogens is 1. The van der Waals surface area contributed by atoms with Gasteiger partial charge in [-0.25, -0.2) is 4.79 Å². The highest BCUT2D eigenvalue weighted by atomic mass is 16.2. The third kappa shape index (κ3) is 2.46. The number of rotatable bonds is 2. The Labute approximate surface area is 147 Å². The van der Waals surface area contributed by atoms with Gasteiger partial charge >= 0.3 is 6.03 Å². The number of barbiturate groups is 1. The standard InChI is InChI=1S/C19H13N3O4/c23-16-15(14-10-12-8-4-5-9-13(12)20-14)18(25)22(19(26)21-16)17(24)11-6-2-1-3-7-11/h1-10,15,20H,(H,21,23,26). The molecule has 1 aromatic heterocycles. The summed E-state index contributed by atoms with van der Waals surface area (Å²) in [5, 5.41) is 2.91. The van der Waals surface area contributed by atoms with E-state index >= 15 is 0 Å². The smallest absolute Gasteiger partial charge is 0.338 e. The summed E-state index contributed by atoms with van der Waals surface area (Å²) in [7, 11) is 0. The third-order valence-corrected chi connectivity index (χ3v) is 4.25. The highest BCUT2D eigenvalue weighted by Gasteiger charge is 2.45.